The van der Waals surface area contributed by atoms with Crippen LogP contribution in [0.1, 0.15) is 60.5 Å². The minimum Gasteiger partial charge on any atom is -0.392 e. The molecule has 2 aliphatic rings. The lowest BCUT2D eigenvalue weighted by Gasteiger charge is -2.44. The number of aromatic amines is 1. The van der Waals surface area contributed by atoms with Gasteiger partial charge in [-0.15, -0.1) is 0 Å². The maximum Gasteiger partial charge on any atom is 0.326 e. The van der Waals surface area contributed by atoms with E-state index >= 15 is 0 Å². The number of fused-ring (bicyclic) bond motifs is 1. The Balaban J connectivity index is 1.05. The van der Waals surface area contributed by atoms with Gasteiger partial charge in [-0.1, -0.05) is 85.8 Å². The molecule has 3 heterocycles. The lowest BCUT2D eigenvalue weighted by Crippen LogP contribution is -2.47. The summed E-state index contributed by atoms with van der Waals surface area (Å²) in [7, 11) is -3.63. The van der Waals surface area contributed by atoms with Crippen molar-refractivity contribution >= 4 is 21.1 Å². The Labute approximate surface area is 286 Å². The highest BCUT2D eigenvalue weighted by Gasteiger charge is 2.39. The van der Waals surface area contributed by atoms with Crippen LogP contribution in [0.2, 0.25) is 0 Å². The van der Waals surface area contributed by atoms with Gasteiger partial charge in [-0.05, 0) is 53.8 Å². The standard InChI is InChI=1S/C38H42N4O6S/c1-26-35(24-41-21-19-31(20-22-41)42-34-10-6-5-9-33(34)40-38(42)44)47-37(48-36(26)29-15-13-28(25-43)14-16-29)30-17-11-27(12-18-30)23-39-49(45,46)32-7-3-2-4-8-32/h2-18,26,31,35-37,39,43H,19-25H2,1H3,(H,40,44)/t26-,35+,36+,37+/m1/s1. The Hall–Kier alpha value is -4.10. The number of hydrogen-bond donors (Lipinski definition) is 3. The summed E-state index contributed by atoms with van der Waals surface area (Å²) < 4.78 is 43.4. The fraction of sp³-hybridized carbons (Fsp3) is 0.342. The summed E-state index contributed by atoms with van der Waals surface area (Å²) in [5.74, 6) is 0.0388. The third-order valence-electron chi connectivity index (χ3n) is 9.88. The number of aromatic nitrogens is 2. The third-order valence-corrected chi connectivity index (χ3v) is 11.3. The number of hydrogen-bond acceptors (Lipinski definition) is 7. The number of piperidine rings is 1. The van der Waals surface area contributed by atoms with E-state index in [2.05, 4.69) is 21.5 Å². The molecular formula is C38H42N4O6S. The summed E-state index contributed by atoms with van der Waals surface area (Å²) >= 11 is 0. The molecule has 256 valence electrons. The van der Waals surface area contributed by atoms with E-state index in [0.717, 1.165) is 65.8 Å². The van der Waals surface area contributed by atoms with Crippen LogP contribution in [0, 0.1) is 5.92 Å². The molecule has 4 atom stereocenters. The Morgan fingerprint density at radius 1 is 0.837 bits per heavy atom. The number of ether oxygens (including phenoxy) is 2. The first-order valence-electron chi connectivity index (χ1n) is 16.8. The van der Waals surface area contributed by atoms with Crippen molar-refractivity contribution in [3.63, 3.8) is 0 Å². The first kappa shape index (κ1) is 33.4. The van der Waals surface area contributed by atoms with Crippen LogP contribution in [0.3, 0.4) is 0 Å². The molecule has 7 rings (SSSR count). The fourth-order valence-corrected chi connectivity index (χ4v) is 8.07. The van der Waals surface area contributed by atoms with Gasteiger partial charge in [-0.3, -0.25) is 4.57 Å². The normalized spacial score (nSPS) is 22.4. The van der Waals surface area contributed by atoms with Crippen molar-refractivity contribution in [2.45, 2.75) is 62.4 Å². The first-order chi connectivity index (χ1) is 23.8. The first-order valence-corrected chi connectivity index (χ1v) is 18.3. The molecular weight excluding hydrogens is 641 g/mol. The summed E-state index contributed by atoms with van der Waals surface area (Å²) in [4.78, 5) is 18.5. The van der Waals surface area contributed by atoms with Gasteiger partial charge < -0.3 is 24.5 Å². The number of para-hydroxylation sites is 2. The average molecular weight is 683 g/mol. The van der Waals surface area contributed by atoms with Crippen molar-refractivity contribution in [2.24, 2.45) is 5.92 Å². The second-order valence-corrected chi connectivity index (χ2v) is 14.8. The maximum absolute atomic E-state index is 12.8. The van der Waals surface area contributed by atoms with Gasteiger partial charge in [-0.25, -0.2) is 17.9 Å². The van der Waals surface area contributed by atoms with E-state index in [9.17, 15) is 18.3 Å². The molecule has 0 amide bonds. The van der Waals surface area contributed by atoms with Crippen LogP contribution >= 0.6 is 0 Å². The van der Waals surface area contributed by atoms with Crippen LogP contribution in [0.4, 0.5) is 0 Å². The highest BCUT2D eigenvalue weighted by Crippen LogP contribution is 2.42. The highest BCUT2D eigenvalue weighted by molar-refractivity contribution is 7.89. The van der Waals surface area contributed by atoms with Crippen LogP contribution in [-0.4, -0.2) is 53.7 Å². The molecule has 11 heteroatoms. The molecule has 2 aliphatic heterocycles. The van der Waals surface area contributed by atoms with Gasteiger partial charge in [0.05, 0.1) is 34.7 Å². The quantitative estimate of drug-likeness (QED) is 0.180. The number of nitrogens with zero attached hydrogens (tertiary/aromatic N) is 2. The number of likely N-dealkylation sites (tertiary alicyclic amines) is 1. The van der Waals surface area contributed by atoms with Crippen molar-refractivity contribution in [1.82, 2.24) is 19.2 Å². The Morgan fingerprint density at radius 2 is 1.49 bits per heavy atom. The molecule has 0 unspecified atom stereocenters. The van der Waals surface area contributed by atoms with Crippen LogP contribution in [0.25, 0.3) is 11.0 Å². The van der Waals surface area contributed by atoms with Crippen molar-refractivity contribution in [1.29, 1.82) is 0 Å². The summed E-state index contributed by atoms with van der Waals surface area (Å²) in [6, 6.07) is 31.8. The SMILES string of the molecule is C[C@@H]1[C@H](CN2CCC(n3c(=O)[nH]c4ccccc43)CC2)O[C@H](c2ccc(CNS(=O)(=O)c3ccccc3)cc2)O[C@@H]1c1ccc(CO)cc1. The van der Waals surface area contributed by atoms with Crippen molar-refractivity contribution in [2.75, 3.05) is 19.6 Å². The molecule has 3 N–H and O–H groups in total. The molecule has 0 radical (unpaired) electrons. The van der Waals surface area contributed by atoms with Gasteiger partial charge >= 0.3 is 5.69 Å². The van der Waals surface area contributed by atoms with Gasteiger partial charge in [-0.2, -0.15) is 0 Å². The summed E-state index contributed by atoms with van der Waals surface area (Å²) in [6.07, 6.45) is 0.734. The molecule has 0 aliphatic carbocycles. The number of nitrogens with one attached hydrogen (secondary N) is 2. The number of aliphatic hydroxyl groups is 1. The number of sulfonamides is 1. The average Bonchev–Trinajstić information content (AvgIpc) is 3.48. The largest absolute Gasteiger partial charge is 0.392 e. The summed E-state index contributed by atoms with van der Waals surface area (Å²) in [5, 5.41) is 9.60. The maximum atomic E-state index is 12.8. The van der Waals surface area contributed by atoms with Gasteiger partial charge in [0, 0.05) is 43.7 Å². The van der Waals surface area contributed by atoms with E-state index in [1.807, 2.05) is 77.4 Å². The smallest absolute Gasteiger partial charge is 0.326 e. The van der Waals surface area contributed by atoms with Crippen LogP contribution < -0.4 is 10.4 Å². The molecule has 0 bridgehead atoms. The van der Waals surface area contributed by atoms with Gasteiger partial charge in [0.15, 0.2) is 6.29 Å². The van der Waals surface area contributed by atoms with E-state index in [4.69, 9.17) is 9.47 Å². The minimum atomic E-state index is -3.63. The Kier molecular flexibility index (Phi) is 9.82. The lowest BCUT2D eigenvalue weighted by atomic mass is 9.89. The summed E-state index contributed by atoms with van der Waals surface area (Å²) in [5.41, 5.74) is 5.28. The Morgan fingerprint density at radius 3 is 2.20 bits per heavy atom. The molecule has 49 heavy (non-hydrogen) atoms. The van der Waals surface area contributed by atoms with Crippen LogP contribution in [0.5, 0.6) is 0 Å². The fourth-order valence-electron chi connectivity index (χ4n) is 7.03. The number of imidazole rings is 1. The zero-order valence-corrected chi connectivity index (χ0v) is 28.3. The van der Waals surface area contributed by atoms with Crippen molar-refractivity contribution in [3.8, 4) is 0 Å². The molecule has 4 aromatic carbocycles. The van der Waals surface area contributed by atoms with E-state index < -0.39 is 16.3 Å². The second kappa shape index (κ2) is 14.4. The van der Waals surface area contributed by atoms with Crippen LogP contribution in [0.15, 0.2) is 113 Å². The third kappa shape index (κ3) is 7.28. The van der Waals surface area contributed by atoms with Gasteiger partial charge in [0.25, 0.3) is 0 Å². The summed E-state index contributed by atoms with van der Waals surface area (Å²) in [6.45, 7) is 4.71. The molecule has 2 fully saturated rings. The molecule has 2 saturated heterocycles. The molecule has 0 spiro atoms. The predicted octanol–water partition coefficient (Wildman–Crippen LogP) is 5.43. The minimum absolute atomic E-state index is 0.0236. The van der Waals surface area contributed by atoms with E-state index in [1.54, 1.807) is 30.3 Å². The number of aliphatic hydroxyl groups excluding tert-OH is 1. The van der Waals surface area contributed by atoms with Gasteiger partial charge in [0.1, 0.15) is 0 Å². The number of H-pyrrole nitrogens is 1. The molecule has 1 aromatic heterocycles. The molecule has 0 saturated carbocycles. The molecule has 10 nitrogen and oxygen atoms in total. The van der Waals surface area contributed by atoms with E-state index in [0.29, 0.717) is 0 Å². The lowest BCUT2D eigenvalue weighted by molar-refractivity contribution is -0.276. The number of rotatable bonds is 10. The second-order valence-electron chi connectivity index (χ2n) is 13.1. The van der Waals surface area contributed by atoms with E-state index in [1.165, 1.54) is 0 Å². The van der Waals surface area contributed by atoms with Crippen LogP contribution in [-0.2, 0) is 32.6 Å². The predicted molar refractivity (Wildman–Crippen MR) is 187 cm³/mol. The monoisotopic (exact) mass is 682 g/mol. The topological polar surface area (TPSA) is 126 Å². The van der Waals surface area contributed by atoms with Gasteiger partial charge in [0.2, 0.25) is 10.0 Å². The van der Waals surface area contributed by atoms with Crippen molar-refractivity contribution in [3.05, 3.63) is 136 Å². The van der Waals surface area contributed by atoms with Crippen molar-refractivity contribution < 1.29 is 23.0 Å². The highest BCUT2D eigenvalue weighted by atomic mass is 32.2. The van der Waals surface area contributed by atoms with E-state index in [-0.39, 0.29) is 47.9 Å². The zero-order valence-electron chi connectivity index (χ0n) is 27.4. The zero-order chi connectivity index (χ0) is 34.0. The Bertz CT molecular complexity index is 2020. The molecule has 5 aromatic rings. The number of benzene rings is 4.